The highest BCUT2D eigenvalue weighted by Crippen LogP contribution is 2.26. The molecule has 0 fully saturated rings. The third-order valence-electron chi connectivity index (χ3n) is 5.97. The first kappa shape index (κ1) is 28.5. The summed E-state index contributed by atoms with van der Waals surface area (Å²) in [5.74, 6) is -0.0252. The molecule has 0 radical (unpaired) electrons. The molecule has 0 aliphatic heterocycles. The van der Waals surface area contributed by atoms with Gasteiger partial charge in [-0.05, 0) is 36.1 Å². The van der Waals surface area contributed by atoms with Gasteiger partial charge in [-0.3, -0.25) is 4.98 Å². The van der Waals surface area contributed by atoms with Gasteiger partial charge in [-0.25, -0.2) is 13.2 Å². The largest absolute Gasteiger partial charge is 0.444 e. The molecule has 11 nitrogen and oxygen atoms in total. The first-order valence-corrected chi connectivity index (χ1v) is 14.6. The van der Waals surface area contributed by atoms with Gasteiger partial charge in [-0.15, -0.1) is 11.3 Å². The molecule has 0 aliphatic rings. The average Bonchev–Trinajstić information content (AvgIpc) is 3.56. The molecule has 1 amide bonds. The maximum Gasteiger partial charge on any atom is 0.407 e. The Labute approximate surface area is 230 Å². The van der Waals surface area contributed by atoms with Gasteiger partial charge in [0.25, 0.3) is 0 Å². The van der Waals surface area contributed by atoms with Crippen molar-refractivity contribution in [3.8, 4) is 0 Å². The number of fused-ring (bicyclic) bond motifs is 1. The highest BCUT2D eigenvalue weighted by Gasteiger charge is 2.32. The van der Waals surface area contributed by atoms with Gasteiger partial charge in [-0.1, -0.05) is 49.3 Å². The van der Waals surface area contributed by atoms with Gasteiger partial charge in [0, 0.05) is 19.3 Å². The molecule has 2 unspecified atom stereocenters. The molecule has 2 atom stereocenters. The van der Waals surface area contributed by atoms with Crippen molar-refractivity contribution in [1.82, 2.24) is 19.8 Å². The number of ether oxygens (including phenoxy) is 1. The number of hydrogen-bond donors (Lipinski definition) is 3. The predicted molar refractivity (Wildman–Crippen MR) is 147 cm³/mol. The van der Waals surface area contributed by atoms with Gasteiger partial charge in [0.2, 0.25) is 15.9 Å². The minimum atomic E-state index is -4.05. The highest BCUT2D eigenvalue weighted by atomic mass is 32.2. The number of nitrogen functional groups attached to an aromatic ring is 1. The minimum Gasteiger partial charge on any atom is -0.444 e. The van der Waals surface area contributed by atoms with Crippen LogP contribution in [0.5, 0.6) is 0 Å². The smallest absolute Gasteiger partial charge is 0.407 e. The summed E-state index contributed by atoms with van der Waals surface area (Å²) in [6.07, 6.45) is -0.113. The van der Waals surface area contributed by atoms with Crippen molar-refractivity contribution in [3.05, 3.63) is 70.7 Å². The predicted octanol–water partition coefficient (Wildman–Crippen LogP) is 3.41. The molecule has 0 aliphatic carbocycles. The summed E-state index contributed by atoms with van der Waals surface area (Å²) in [5, 5.41) is 18.2. The third-order valence-corrected chi connectivity index (χ3v) is 8.55. The normalized spacial score (nSPS) is 13.6. The topological polar surface area (TPSA) is 161 Å². The van der Waals surface area contributed by atoms with Crippen LogP contribution < -0.4 is 11.1 Å². The van der Waals surface area contributed by atoms with Crippen LogP contribution in [0.15, 0.2) is 69.7 Å². The summed E-state index contributed by atoms with van der Waals surface area (Å²) in [6, 6.07) is 12.8. The standard InChI is InChI=1S/C26H31N5O6S2/c1-17(2)13-31(39(34,35)20-8-9-22-21(11-20)25(27)37-30-22)14-24(32)23(10-18-6-4-3-5-7-18)29-26(33)36-15-19-12-28-16-38-19/h3-9,11-12,16-17,23-24,32H,10,13-15,27H2,1-2H3,(H,29,33). The number of aliphatic hydroxyl groups excluding tert-OH is 1. The number of sulfonamides is 1. The zero-order valence-corrected chi connectivity index (χ0v) is 23.2. The maximum atomic E-state index is 13.7. The molecule has 13 heteroatoms. The summed E-state index contributed by atoms with van der Waals surface area (Å²) < 4.78 is 38.9. The summed E-state index contributed by atoms with van der Waals surface area (Å²) in [6.45, 7) is 3.68. The van der Waals surface area contributed by atoms with E-state index in [1.807, 2.05) is 44.2 Å². The maximum absolute atomic E-state index is 13.7. The van der Waals surface area contributed by atoms with Crippen molar-refractivity contribution in [2.24, 2.45) is 5.92 Å². The first-order chi connectivity index (χ1) is 18.6. The van der Waals surface area contributed by atoms with Crippen LogP contribution in [0, 0.1) is 5.92 Å². The molecule has 2 aromatic heterocycles. The molecule has 208 valence electrons. The van der Waals surface area contributed by atoms with Crippen molar-refractivity contribution >= 4 is 44.2 Å². The van der Waals surface area contributed by atoms with E-state index < -0.39 is 28.3 Å². The quantitative estimate of drug-likeness (QED) is 0.231. The Hall–Kier alpha value is -3.52. The Balaban J connectivity index is 1.56. The number of alkyl carbamates (subject to hydrolysis) is 1. The van der Waals surface area contributed by atoms with E-state index >= 15 is 0 Å². The second-order valence-corrected chi connectivity index (χ2v) is 12.4. The van der Waals surface area contributed by atoms with E-state index in [0.29, 0.717) is 10.9 Å². The summed E-state index contributed by atoms with van der Waals surface area (Å²) in [4.78, 5) is 17.4. The van der Waals surface area contributed by atoms with Gasteiger partial charge < -0.3 is 25.4 Å². The number of aromatic nitrogens is 2. The number of carbonyl (C=O) groups is 1. The molecule has 0 saturated heterocycles. The lowest BCUT2D eigenvalue weighted by molar-refractivity contribution is 0.0876. The van der Waals surface area contributed by atoms with Gasteiger partial charge >= 0.3 is 6.09 Å². The molecule has 0 saturated carbocycles. The zero-order valence-electron chi connectivity index (χ0n) is 21.6. The second-order valence-electron chi connectivity index (χ2n) is 9.49. The van der Waals surface area contributed by atoms with Crippen molar-refractivity contribution in [1.29, 1.82) is 0 Å². The molecule has 0 spiro atoms. The number of hydrogen-bond acceptors (Lipinski definition) is 10. The lowest BCUT2D eigenvalue weighted by atomic mass is 10.0. The van der Waals surface area contributed by atoms with E-state index in [0.717, 1.165) is 10.4 Å². The van der Waals surface area contributed by atoms with E-state index in [9.17, 15) is 18.3 Å². The van der Waals surface area contributed by atoms with Crippen LogP contribution in [-0.4, -0.2) is 59.3 Å². The number of amides is 1. The number of nitrogens with two attached hydrogens (primary N) is 1. The van der Waals surface area contributed by atoms with E-state index in [4.69, 9.17) is 15.0 Å². The van der Waals surface area contributed by atoms with Gasteiger partial charge in [0.1, 0.15) is 12.1 Å². The zero-order chi connectivity index (χ0) is 28.0. The van der Waals surface area contributed by atoms with Crippen molar-refractivity contribution in [2.75, 3.05) is 18.8 Å². The third kappa shape index (κ3) is 7.32. The molecular weight excluding hydrogens is 542 g/mol. The lowest BCUT2D eigenvalue weighted by Gasteiger charge is -2.30. The van der Waals surface area contributed by atoms with E-state index in [2.05, 4.69) is 15.5 Å². The SMILES string of the molecule is CC(C)CN(CC(O)C(Cc1ccccc1)NC(=O)OCc1cncs1)S(=O)(=O)c1ccc2noc(N)c2c1. The minimum absolute atomic E-state index is 0.00529. The first-order valence-electron chi connectivity index (χ1n) is 12.3. The monoisotopic (exact) mass is 573 g/mol. The van der Waals surface area contributed by atoms with Crippen LogP contribution in [0.1, 0.15) is 24.3 Å². The average molecular weight is 574 g/mol. The molecule has 4 rings (SSSR count). The molecule has 4 aromatic rings. The lowest BCUT2D eigenvalue weighted by Crippen LogP contribution is -2.51. The second kappa shape index (κ2) is 12.6. The fraction of sp³-hybridized carbons (Fsp3) is 0.346. The van der Waals surface area contributed by atoms with E-state index in [1.54, 1.807) is 11.7 Å². The van der Waals surface area contributed by atoms with Gasteiger partial charge in [0.15, 0.2) is 0 Å². The number of thiazole rings is 1. The molecular formula is C26H31N5O6S2. The van der Waals surface area contributed by atoms with Crippen LogP contribution in [0.4, 0.5) is 10.7 Å². The van der Waals surface area contributed by atoms with E-state index in [1.165, 1.54) is 33.8 Å². The van der Waals surface area contributed by atoms with Crippen molar-refractivity contribution < 1.29 is 27.6 Å². The van der Waals surface area contributed by atoms with Crippen LogP contribution in [0.25, 0.3) is 10.9 Å². The van der Waals surface area contributed by atoms with E-state index in [-0.39, 0.29) is 42.8 Å². The fourth-order valence-corrected chi connectivity index (χ4v) is 6.21. The summed E-state index contributed by atoms with van der Waals surface area (Å²) >= 11 is 1.35. The highest BCUT2D eigenvalue weighted by molar-refractivity contribution is 7.89. The Morgan fingerprint density at radius 1 is 1.21 bits per heavy atom. The van der Waals surface area contributed by atoms with Crippen LogP contribution in [0.3, 0.4) is 0 Å². The molecule has 2 aromatic carbocycles. The number of nitrogens with one attached hydrogen (secondary N) is 1. The summed E-state index contributed by atoms with van der Waals surface area (Å²) in [5.41, 5.74) is 8.74. The molecule has 39 heavy (non-hydrogen) atoms. The number of aliphatic hydroxyl groups is 1. The number of benzene rings is 2. The Morgan fingerprint density at radius 2 is 1.97 bits per heavy atom. The van der Waals surface area contributed by atoms with Crippen LogP contribution in [-0.2, 0) is 27.8 Å². The van der Waals surface area contributed by atoms with Gasteiger partial charge in [-0.2, -0.15) is 4.31 Å². The number of rotatable bonds is 12. The van der Waals surface area contributed by atoms with Gasteiger partial charge in [0.05, 0.1) is 32.8 Å². The van der Waals surface area contributed by atoms with Crippen LogP contribution >= 0.6 is 11.3 Å². The Kier molecular flexibility index (Phi) is 9.17. The molecule has 2 heterocycles. The number of nitrogens with zero attached hydrogens (tertiary/aromatic N) is 3. The number of carbonyl (C=O) groups excluding carboxylic acids is 1. The fourth-order valence-electron chi connectivity index (χ4n) is 4.06. The molecule has 0 bridgehead atoms. The summed E-state index contributed by atoms with van der Waals surface area (Å²) in [7, 11) is -4.05. The van der Waals surface area contributed by atoms with Crippen molar-refractivity contribution in [3.63, 3.8) is 0 Å². The van der Waals surface area contributed by atoms with Crippen LogP contribution in [0.2, 0.25) is 0 Å². The Morgan fingerprint density at radius 3 is 2.67 bits per heavy atom. The number of anilines is 1. The molecule has 4 N–H and O–H groups in total. The van der Waals surface area contributed by atoms with Crippen molar-refractivity contribution in [2.45, 2.75) is 43.9 Å². The Bertz CT molecular complexity index is 1480.